The summed E-state index contributed by atoms with van der Waals surface area (Å²) in [7, 11) is 0. The first-order valence-electron chi connectivity index (χ1n) is 7.14. The molecule has 1 aromatic heterocycles. The Bertz CT molecular complexity index is 420. The van der Waals surface area contributed by atoms with Crippen molar-refractivity contribution in [2.24, 2.45) is 11.7 Å². The molecule has 19 heavy (non-hydrogen) atoms. The van der Waals surface area contributed by atoms with Crippen molar-refractivity contribution >= 4 is 0 Å². The predicted molar refractivity (Wildman–Crippen MR) is 71.8 cm³/mol. The van der Waals surface area contributed by atoms with Gasteiger partial charge < -0.3 is 19.8 Å². The Balaban J connectivity index is 1.84. The van der Waals surface area contributed by atoms with E-state index >= 15 is 0 Å². The highest BCUT2D eigenvalue weighted by Gasteiger charge is 2.34. The van der Waals surface area contributed by atoms with Gasteiger partial charge in [0, 0.05) is 25.3 Å². The van der Waals surface area contributed by atoms with E-state index in [0.29, 0.717) is 5.92 Å². The first-order valence-corrected chi connectivity index (χ1v) is 7.14. The number of nitrogens with two attached hydrogens (primary N) is 1. The predicted octanol–water partition coefficient (Wildman–Crippen LogP) is 1.45. The Morgan fingerprint density at radius 2 is 2.37 bits per heavy atom. The van der Waals surface area contributed by atoms with Gasteiger partial charge in [-0.2, -0.15) is 0 Å². The molecule has 0 aliphatic carbocycles. The van der Waals surface area contributed by atoms with E-state index in [9.17, 15) is 0 Å². The van der Waals surface area contributed by atoms with E-state index in [0.717, 1.165) is 51.4 Å². The molecule has 2 N–H and O–H groups in total. The fourth-order valence-electron chi connectivity index (χ4n) is 3.19. The van der Waals surface area contributed by atoms with Gasteiger partial charge in [0.05, 0.1) is 36.8 Å². The quantitative estimate of drug-likeness (QED) is 0.898. The van der Waals surface area contributed by atoms with Crippen LogP contribution >= 0.6 is 0 Å². The van der Waals surface area contributed by atoms with Crippen LogP contribution in [0.15, 0.2) is 12.5 Å². The van der Waals surface area contributed by atoms with Crippen LogP contribution in [0.5, 0.6) is 0 Å². The zero-order valence-electron chi connectivity index (χ0n) is 11.5. The zero-order chi connectivity index (χ0) is 13.3. The Kier molecular flexibility index (Phi) is 3.60. The van der Waals surface area contributed by atoms with E-state index in [1.165, 1.54) is 0 Å². The minimum absolute atomic E-state index is 0.00347. The molecule has 2 saturated heterocycles. The first kappa shape index (κ1) is 13.1. The molecule has 106 valence electrons. The van der Waals surface area contributed by atoms with Crippen LogP contribution in [0.3, 0.4) is 0 Å². The van der Waals surface area contributed by atoms with Gasteiger partial charge in [-0.1, -0.05) is 0 Å². The molecule has 0 aromatic carbocycles. The van der Waals surface area contributed by atoms with Crippen LogP contribution < -0.4 is 5.73 Å². The molecule has 3 heterocycles. The second-order valence-electron chi connectivity index (χ2n) is 5.99. The summed E-state index contributed by atoms with van der Waals surface area (Å²) < 4.78 is 13.3. The number of imidazole rings is 1. The van der Waals surface area contributed by atoms with Gasteiger partial charge in [0.15, 0.2) is 0 Å². The van der Waals surface area contributed by atoms with Crippen LogP contribution in [0.25, 0.3) is 0 Å². The van der Waals surface area contributed by atoms with Crippen molar-refractivity contribution in [1.82, 2.24) is 9.55 Å². The molecule has 2 aliphatic rings. The monoisotopic (exact) mass is 265 g/mol. The van der Waals surface area contributed by atoms with Crippen molar-refractivity contribution < 1.29 is 9.47 Å². The molecule has 5 nitrogen and oxygen atoms in total. The third-order valence-electron chi connectivity index (χ3n) is 4.48. The molecule has 0 spiro atoms. The molecular formula is C14H23N3O2. The topological polar surface area (TPSA) is 62.3 Å². The maximum atomic E-state index is 6.43. The van der Waals surface area contributed by atoms with E-state index in [1.807, 2.05) is 12.5 Å². The molecule has 1 aromatic rings. The lowest BCUT2D eigenvalue weighted by Crippen LogP contribution is -2.41. The Morgan fingerprint density at radius 1 is 1.47 bits per heavy atom. The van der Waals surface area contributed by atoms with Crippen molar-refractivity contribution in [3.05, 3.63) is 18.2 Å². The van der Waals surface area contributed by atoms with Crippen LogP contribution in [0, 0.1) is 5.92 Å². The van der Waals surface area contributed by atoms with Crippen LogP contribution in [-0.2, 0) is 15.0 Å². The summed E-state index contributed by atoms with van der Waals surface area (Å²) in [6.45, 7) is 5.42. The van der Waals surface area contributed by atoms with E-state index < -0.39 is 0 Å². The molecule has 3 atom stereocenters. The largest absolute Gasteiger partial charge is 0.381 e. The normalized spacial score (nSPS) is 33.5. The number of ether oxygens (including phenoxy) is 2. The fourth-order valence-corrected chi connectivity index (χ4v) is 3.19. The Labute approximate surface area is 114 Å². The third-order valence-corrected chi connectivity index (χ3v) is 4.48. The first-order chi connectivity index (χ1) is 9.21. The summed E-state index contributed by atoms with van der Waals surface area (Å²) in [5.74, 6) is 0.406. The molecule has 0 bridgehead atoms. The van der Waals surface area contributed by atoms with E-state index in [4.69, 9.17) is 15.2 Å². The summed E-state index contributed by atoms with van der Waals surface area (Å²) in [6.07, 6.45) is 7.06. The second-order valence-corrected chi connectivity index (χ2v) is 5.99. The molecule has 0 saturated carbocycles. The van der Waals surface area contributed by atoms with Crippen LogP contribution in [-0.4, -0.2) is 36.0 Å². The van der Waals surface area contributed by atoms with Gasteiger partial charge >= 0.3 is 0 Å². The van der Waals surface area contributed by atoms with Gasteiger partial charge in [-0.05, 0) is 26.2 Å². The SMILES string of the molecule is CC1(n2cncc2C(N)C2CCOC2)CCCOC1. The number of hydrogen-bond donors (Lipinski definition) is 1. The molecule has 2 aliphatic heterocycles. The number of hydrogen-bond acceptors (Lipinski definition) is 4. The van der Waals surface area contributed by atoms with Crippen molar-refractivity contribution in [3.63, 3.8) is 0 Å². The molecule has 5 heteroatoms. The highest BCUT2D eigenvalue weighted by Crippen LogP contribution is 2.33. The third kappa shape index (κ3) is 2.42. The summed E-state index contributed by atoms with van der Waals surface area (Å²) in [4.78, 5) is 4.32. The molecule has 2 fully saturated rings. The lowest BCUT2D eigenvalue weighted by atomic mass is 9.92. The highest BCUT2D eigenvalue weighted by atomic mass is 16.5. The summed E-state index contributed by atoms with van der Waals surface area (Å²) >= 11 is 0. The molecule has 3 unspecified atom stereocenters. The maximum absolute atomic E-state index is 6.43. The molecule has 0 radical (unpaired) electrons. The number of nitrogens with zero attached hydrogens (tertiary/aromatic N) is 2. The highest BCUT2D eigenvalue weighted by molar-refractivity contribution is 5.11. The fraction of sp³-hybridized carbons (Fsp3) is 0.786. The van der Waals surface area contributed by atoms with Gasteiger partial charge in [0.2, 0.25) is 0 Å². The van der Waals surface area contributed by atoms with Gasteiger partial charge in [-0.15, -0.1) is 0 Å². The van der Waals surface area contributed by atoms with Crippen molar-refractivity contribution in [2.45, 2.75) is 37.8 Å². The van der Waals surface area contributed by atoms with Crippen LogP contribution in [0.4, 0.5) is 0 Å². The van der Waals surface area contributed by atoms with Crippen molar-refractivity contribution in [3.8, 4) is 0 Å². The standard InChI is InChI=1S/C14H23N3O2/c1-14(4-2-5-19-9-14)17-10-16-7-12(17)13(15)11-3-6-18-8-11/h7,10-11,13H,2-6,8-9,15H2,1H3. The van der Waals surface area contributed by atoms with Crippen molar-refractivity contribution in [1.29, 1.82) is 0 Å². The second kappa shape index (κ2) is 5.23. The van der Waals surface area contributed by atoms with Crippen molar-refractivity contribution in [2.75, 3.05) is 26.4 Å². The van der Waals surface area contributed by atoms with E-state index in [-0.39, 0.29) is 11.6 Å². The van der Waals surface area contributed by atoms with Gasteiger partial charge in [-0.3, -0.25) is 0 Å². The average molecular weight is 265 g/mol. The minimum Gasteiger partial charge on any atom is -0.381 e. The molecule has 0 amide bonds. The van der Waals surface area contributed by atoms with Gasteiger partial charge in [0.1, 0.15) is 0 Å². The molecular weight excluding hydrogens is 242 g/mol. The lowest BCUT2D eigenvalue weighted by molar-refractivity contribution is 0.00742. The number of aromatic nitrogens is 2. The minimum atomic E-state index is -0.0127. The average Bonchev–Trinajstić information content (AvgIpc) is 3.10. The zero-order valence-corrected chi connectivity index (χ0v) is 11.5. The number of rotatable bonds is 3. The Morgan fingerprint density at radius 3 is 3.05 bits per heavy atom. The van der Waals surface area contributed by atoms with Gasteiger partial charge in [0.25, 0.3) is 0 Å². The summed E-state index contributed by atoms with van der Waals surface area (Å²) in [5.41, 5.74) is 7.53. The van der Waals surface area contributed by atoms with Crippen LogP contribution in [0.2, 0.25) is 0 Å². The summed E-state index contributed by atoms with van der Waals surface area (Å²) in [6, 6.07) is 0.00347. The van der Waals surface area contributed by atoms with E-state index in [2.05, 4.69) is 16.5 Å². The van der Waals surface area contributed by atoms with Crippen LogP contribution in [0.1, 0.15) is 37.9 Å². The smallest absolute Gasteiger partial charge is 0.0954 e. The maximum Gasteiger partial charge on any atom is 0.0954 e. The Hall–Kier alpha value is -0.910. The lowest BCUT2D eigenvalue weighted by Gasteiger charge is -2.37. The summed E-state index contributed by atoms with van der Waals surface area (Å²) in [5, 5.41) is 0. The van der Waals surface area contributed by atoms with Gasteiger partial charge in [-0.25, -0.2) is 4.98 Å². The van der Waals surface area contributed by atoms with E-state index in [1.54, 1.807) is 0 Å². The molecule has 3 rings (SSSR count).